The fourth-order valence-electron chi connectivity index (χ4n) is 2.35. The van der Waals surface area contributed by atoms with Gasteiger partial charge < -0.3 is 15.4 Å². The molecule has 0 aliphatic rings. The second kappa shape index (κ2) is 9.12. The average molecular weight is 372 g/mol. The van der Waals surface area contributed by atoms with Crippen LogP contribution in [0.5, 0.6) is 5.75 Å². The Hall–Kier alpha value is -2.71. The summed E-state index contributed by atoms with van der Waals surface area (Å²) in [6.07, 6.45) is 2.90. The van der Waals surface area contributed by atoms with Crippen molar-refractivity contribution < 1.29 is 9.53 Å². The maximum Gasteiger partial charge on any atom is 0.320 e. The molecule has 0 aliphatic carbocycles. The van der Waals surface area contributed by atoms with Crippen LogP contribution in [0.1, 0.15) is 32.3 Å². The minimum absolute atomic E-state index is 0.241. The van der Waals surface area contributed by atoms with Crippen molar-refractivity contribution >= 4 is 23.3 Å². The Morgan fingerprint density at radius 3 is 2.50 bits per heavy atom. The predicted molar refractivity (Wildman–Crippen MR) is 105 cm³/mol. The number of carbonyl (C=O) groups is 1. The molecule has 0 fully saturated rings. The Labute approximate surface area is 159 Å². The van der Waals surface area contributed by atoms with Gasteiger partial charge in [-0.05, 0) is 49.2 Å². The number of benzene rings is 1. The average Bonchev–Trinajstić information content (AvgIpc) is 2.67. The lowest BCUT2D eigenvalue weighted by atomic mass is 9.93. The lowest BCUT2D eigenvalue weighted by Crippen LogP contribution is -2.48. The summed E-state index contributed by atoms with van der Waals surface area (Å²) in [4.78, 5) is 16.3. The van der Waals surface area contributed by atoms with Gasteiger partial charge in [0.25, 0.3) is 0 Å². The number of methoxy groups -OCH3 is 1. The number of hydrogen-bond acceptors (Lipinski definition) is 3. The highest BCUT2D eigenvalue weighted by Crippen LogP contribution is 2.19. The maximum absolute atomic E-state index is 12.4. The van der Waals surface area contributed by atoms with Gasteiger partial charge in [-0.25, -0.2) is 9.78 Å². The van der Waals surface area contributed by atoms with E-state index >= 15 is 0 Å². The molecular formula is C20H22ClN3O2. The van der Waals surface area contributed by atoms with Gasteiger partial charge in [-0.3, -0.25) is 0 Å². The molecule has 6 heteroatoms. The number of anilines is 1. The van der Waals surface area contributed by atoms with Crippen molar-refractivity contribution in [2.75, 3.05) is 12.4 Å². The minimum atomic E-state index is -0.640. The van der Waals surface area contributed by atoms with E-state index in [0.717, 1.165) is 11.3 Å². The van der Waals surface area contributed by atoms with Crippen molar-refractivity contribution in [1.29, 1.82) is 0 Å². The first kappa shape index (κ1) is 19.6. The number of hydrogen-bond donors (Lipinski definition) is 2. The number of nitrogens with zero attached hydrogens (tertiary/aromatic N) is 1. The molecule has 2 aromatic rings. The monoisotopic (exact) mass is 371 g/mol. The zero-order chi connectivity index (χ0) is 19.0. The molecule has 0 unspecified atom stereocenters. The standard InChI is InChI=1S/C20H22ClN3O2/c1-4-20(5-2,13-12-15-8-10-16(26-3)11-9-15)24-19(25)23-17-7-6-14-22-18(17)21/h6-11,14H,4-5H2,1-3H3,(H2,23,24,25). The summed E-state index contributed by atoms with van der Waals surface area (Å²) >= 11 is 5.98. The molecular weight excluding hydrogens is 350 g/mol. The quantitative estimate of drug-likeness (QED) is 0.601. The van der Waals surface area contributed by atoms with Gasteiger partial charge in [0.05, 0.1) is 12.8 Å². The highest BCUT2D eigenvalue weighted by Gasteiger charge is 2.26. The van der Waals surface area contributed by atoms with Gasteiger partial charge in [-0.15, -0.1) is 0 Å². The smallest absolute Gasteiger partial charge is 0.320 e. The molecule has 0 bridgehead atoms. The van der Waals surface area contributed by atoms with Crippen LogP contribution in [0.2, 0.25) is 5.15 Å². The molecule has 1 aromatic carbocycles. The van der Waals surface area contributed by atoms with Crippen LogP contribution >= 0.6 is 11.6 Å². The van der Waals surface area contributed by atoms with E-state index in [1.54, 1.807) is 25.4 Å². The first-order chi connectivity index (χ1) is 12.5. The number of aromatic nitrogens is 1. The van der Waals surface area contributed by atoms with Crippen molar-refractivity contribution in [3.8, 4) is 17.6 Å². The van der Waals surface area contributed by atoms with Crippen LogP contribution in [-0.4, -0.2) is 23.7 Å². The Bertz CT molecular complexity index is 806. The highest BCUT2D eigenvalue weighted by molar-refractivity contribution is 6.32. The first-order valence-corrected chi connectivity index (χ1v) is 8.76. The molecule has 26 heavy (non-hydrogen) atoms. The van der Waals surface area contributed by atoms with Gasteiger partial charge >= 0.3 is 6.03 Å². The lowest BCUT2D eigenvalue weighted by molar-refractivity contribution is 0.242. The molecule has 0 radical (unpaired) electrons. The van der Waals surface area contributed by atoms with Crippen LogP contribution in [0.15, 0.2) is 42.6 Å². The molecule has 5 nitrogen and oxygen atoms in total. The minimum Gasteiger partial charge on any atom is -0.497 e. The first-order valence-electron chi connectivity index (χ1n) is 8.39. The number of amides is 2. The van der Waals surface area contributed by atoms with Crippen molar-refractivity contribution in [3.63, 3.8) is 0 Å². The zero-order valence-electron chi connectivity index (χ0n) is 15.1. The molecule has 1 aromatic heterocycles. The molecule has 2 amide bonds. The largest absolute Gasteiger partial charge is 0.497 e. The topological polar surface area (TPSA) is 63.2 Å². The molecule has 2 N–H and O–H groups in total. The molecule has 0 spiro atoms. The van der Waals surface area contributed by atoms with E-state index in [4.69, 9.17) is 16.3 Å². The van der Waals surface area contributed by atoms with E-state index in [1.807, 2.05) is 38.1 Å². The van der Waals surface area contributed by atoms with Crippen molar-refractivity contribution in [1.82, 2.24) is 10.3 Å². The highest BCUT2D eigenvalue weighted by atomic mass is 35.5. The number of nitrogens with one attached hydrogen (secondary N) is 2. The fraction of sp³-hybridized carbons (Fsp3) is 0.300. The van der Waals surface area contributed by atoms with Gasteiger partial charge in [-0.1, -0.05) is 37.3 Å². The number of halogens is 1. The molecule has 0 saturated heterocycles. The number of pyridine rings is 1. The van der Waals surface area contributed by atoms with Crippen LogP contribution in [-0.2, 0) is 0 Å². The third kappa shape index (κ3) is 5.14. The summed E-state index contributed by atoms with van der Waals surface area (Å²) in [5, 5.41) is 5.92. The second-order valence-electron chi connectivity index (χ2n) is 5.69. The van der Waals surface area contributed by atoms with Crippen molar-refractivity contribution in [3.05, 3.63) is 53.3 Å². The number of ether oxygens (including phenoxy) is 1. The Morgan fingerprint density at radius 2 is 1.92 bits per heavy atom. The third-order valence-electron chi connectivity index (χ3n) is 4.10. The van der Waals surface area contributed by atoms with E-state index < -0.39 is 5.54 Å². The summed E-state index contributed by atoms with van der Waals surface area (Å²) in [6.45, 7) is 3.98. The molecule has 136 valence electrons. The fourth-order valence-corrected chi connectivity index (χ4v) is 2.52. The Kier molecular flexibility index (Phi) is 6.88. The van der Waals surface area contributed by atoms with E-state index in [-0.39, 0.29) is 11.2 Å². The summed E-state index contributed by atoms with van der Waals surface area (Å²) in [5.74, 6) is 7.12. The van der Waals surface area contributed by atoms with Crippen LogP contribution in [0.3, 0.4) is 0 Å². The summed E-state index contributed by atoms with van der Waals surface area (Å²) in [5.41, 5.74) is 0.670. The van der Waals surface area contributed by atoms with Gasteiger partial charge in [0.1, 0.15) is 11.3 Å². The van der Waals surface area contributed by atoms with Gasteiger partial charge in [-0.2, -0.15) is 0 Å². The van der Waals surface area contributed by atoms with Crippen molar-refractivity contribution in [2.24, 2.45) is 0 Å². The molecule has 1 heterocycles. The van der Waals surface area contributed by atoms with E-state index in [2.05, 4.69) is 27.5 Å². The number of rotatable bonds is 5. The van der Waals surface area contributed by atoms with Crippen LogP contribution < -0.4 is 15.4 Å². The Balaban J connectivity index is 2.14. The van der Waals surface area contributed by atoms with E-state index in [0.29, 0.717) is 18.5 Å². The molecule has 0 atom stereocenters. The third-order valence-corrected chi connectivity index (χ3v) is 4.40. The number of carbonyl (C=O) groups excluding carboxylic acids is 1. The van der Waals surface area contributed by atoms with Crippen LogP contribution in [0.25, 0.3) is 0 Å². The maximum atomic E-state index is 12.4. The van der Waals surface area contributed by atoms with E-state index in [9.17, 15) is 4.79 Å². The van der Waals surface area contributed by atoms with Crippen LogP contribution in [0, 0.1) is 11.8 Å². The molecule has 0 aliphatic heterocycles. The second-order valence-corrected chi connectivity index (χ2v) is 6.05. The molecule has 2 rings (SSSR count). The number of urea groups is 1. The lowest BCUT2D eigenvalue weighted by Gasteiger charge is -2.27. The van der Waals surface area contributed by atoms with Crippen molar-refractivity contribution in [2.45, 2.75) is 32.2 Å². The molecule has 0 saturated carbocycles. The zero-order valence-corrected chi connectivity index (χ0v) is 15.9. The Morgan fingerprint density at radius 1 is 1.23 bits per heavy atom. The normalized spacial score (nSPS) is 10.5. The van der Waals surface area contributed by atoms with Gasteiger partial charge in [0, 0.05) is 11.8 Å². The summed E-state index contributed by atoms with van der Waals surface area (Å²) in [7, 11) is 1.62. The van der Waals surface area contributed by atoms with Gasteiger partial charge in [0.15, 0.2) is 5.15 Å². The summed E-state index contributed by atoms with van der Waals surface area (Å²) in [6, 6.07) is 10.5. The van der Waals surface area contributed by atoms with Crippen LogP contribution in [0.4, 0.5) is 10.5 Å². The summed E-state index contributed by atoms with van der Waals surface area (Å²) < 4.78 is 5.15. The SMILES string of the molecule is CCC(C#Cc1ccc(OC)cc1)(CC)NC(=O)Nc1cccnc1Cl. The van der Waals surface area contributed by atoms with E-state index in [1.165, 1.54) is 0 Å². The predicted octanol–water partition coefficient (Wildman–Crippen LogP) is 4.48. The van der Waals surface area contributed by atoms with Gasteiger partial charge in [0.2, 0.25) is 0 Å².